The van der Waals surface area contributed by atoms with Gasteiger partial charge in [-0.2, -0.15) is 0 Å². The largest absolute Gasteiger partial charge is 0.497 e. The van der Waals surface area contributed by atoms with Crippen molar-refractivity contribution in [2.45, 2.75) is 6.61 Å². The number of rotatable bonds is 5. The van der Waals surface area contributed by atoms with E-state index in [1.165, 1.54) is 0 Å². The van der Waals surface area contributed by atoms with Crippen LogP contribution in [0.4, 0.5) is 0 Å². The van der Waals surface area contributed by atoms with Crippen LogP contribution in [0.3, 0.4) is 0 Å². The zero-order chi connectivity index (χ0) is 13.5. The van der Waals surface area contributed by atoms with Gasteiger partial charge in [0.1, 0.15) is 12.4 Å². The van der Waals surface area contributed by atoms with Crippen LogP contribution in [0.15, 0.2) is 24.3 Å². The van der Waals surface area contributed by atoms with Gasteiger partial charge in [0.15, 0.2) is 0 Å². The fourth-order valence-corrected chi connectivity index (χ4v) is 2.02. The average Bonchev–Trinajstić information content (AvgIpc) is 2.48. The number of methoxy groups -OCH3 is 1. The lowest BCUT2D eigenvalue weighted by atomic mass is 10.2. The molecule has 0 spiro atoms. The first-order valence-electron chi connectivity index (χ1n) is 6.49. The van der Waals surface area contributed by atoms with E-state index in [1.54, 1.807) is 7.11 Å². The highest BCUT2D eigenvalue weighted by Crippen LogP contribution is 2.13. The van der Waals surface area contributed by atoms with Crippen molar-refractivity contribution in [2.75, 3.05) is 39.9 Å². The molecule has 2 rings (SSSR count). The molecule has 1 N–H and O–H groups in total. The van der Waals surface area contributed by atoms with Gasteiger partial charge in [-0.25, -0.2) is 0 Å². The van der Waals surface area contributed by atoms with Crippen molar-refractivity contribution in [3.05, 3.63) is 29.8 Å². The lowest BCUT2D eigenvalue weighted by Crippen LogP contribution is -2.47. The third kappa shape index (κ3) is 4.22. The monoisotopic (exact) mass is 264 g/mol. The summed E-state index contributed by atoms with van der Waals surface area (Å²) in [6.07, 6.45) is 0. The van der Waals surface area contributed by atoms with Crippen LogP contribution < -0.4 is 10.1 Å². The van der Waals surface area contributed by atoms with E-state index in [1.807, 2.05) is 29.2 Å². The number of carbonyl (C=O) groups is 1. The van der Waals surface area contributed by atoms with Crippen LogP contribution >= 0.6 is 0 Å². The molecule has 1 aromatic rings. The Hall–Kier alpha value is -1.59. The van der Waals surface area contributed by atoms with Gasteiger partial charge in [0.05, 0.1) is 13.7 Å². The van der Waals surface area contributed by atoms with E-state index < -0.39 is 0 Å². The molecule has 1 aromatic carbocycles. The minimum absolute atomic E-state index is 0.0596. The second-order valence-corrected chi connectivity index (χ2v) is 4.48. The predicted octanol–water partition coefficient (Wildman–Crippen LogP) is 0.644. The van der Waals surface area contributed by atoms with Gasteiger partial charge in [-0.3, -0.25) is 4.79 Å². The first kappa shape index (κ1) is 13.8. The molecule has 1 amide bonds. The minimum Gasteiger partial charge on any atom is -0.497 e. The number of nitrogens with zero attached hydrogens (tertiary/aromatic N) is 1. The van der Waals surface area contributed by atoms with Crippen molar-refractivity contribution in [1.82, 2.24) is 10.2 Å². The van der Waals surface area contributed by atoms with Crippen LogP contribution in [0.25, 0.3) is 0 Å². The summed E-state index contributed by atoms with van der Waals surface area (Å²) in [5, 5.41) is 3.22. The number of hydrogen-bond donors (Lipinski definition) is 1. The summed E-state index contributed by atoms with van der Waals surface area (Å²) in [7, 11) is 1.63. The van der Waals surface area contributed by atoms with Crippen molar-refractivity contribution >= 4 is 5.91 Å². The summed E-state index contributed by atoms with van der Waals surface area (Å²) < 4.78 is 10.6. The fraction of sp³-hybridized carbons (Fsp3) is 0.500. The molecule has 0 unspecified atom stereocenters. The summed E-state index contributed by atoms with van der Waals surface area (Å²) in [4.78, 5) is 13.7. The summed E-state index contributed by atoms with van der Waals surface area (Å²) in [5.74, 6) is 0.860. The molecule has 0 aliphatic carbocycles. The number of nitrogens with one attached hydrogen (secondary N) is 1. The Kier molecular flexibility index (Phi) is 5.18. The summed E-state index contributed by atoms with van der Waals surface area (Å²) in [6.45, 7) is 3.82. The molecule has 1 heterocycles. The van der Waals surface area contributed by atoms with E-state index in [0.717, 1.165) is 37.5 Å². The van der Waals surface area contributed by atoms with Crippen molar-refractivity contribution < 1.29 is 14.3 Å². The van der Waals surface area contributed by atoms with Crippen LogP contribution in [0.1, 0.15) is 5.56 Å². The van der Waals surface area contributed by atoms with E-state index in [9.17, 15) is 4.79 Å². The second-order valence-electron chi connectivity index (χ2n) is 4.48. The van der Waals surface area contributed by atoms with Crippen LogP contribution in [-0.4, -0.2) is 50.7 Å². The molecule has 5 nitrogen and oxygen atoms in total. The van der Waals surface area contributed by atoms with Gasteiger partial charge < -0.3 is 19.7 Å². The van der Waals surface area contributed by atoms with Gasteiger partial charge >= 0.3 is 0 Å². The molecular formula is C14H20N2O3. The molecular weight excluding hydrogens is 244 g/mol. The minimum atomic E-state index is 0.0596. The quantitative estimate of drug-likeness (QED) is 0.848. The van der Waals surface area contributed by atoms with Crippen LogP contribution in [-0.2, 0) is 16.1 Å². The number of ether oxygens (including phenoxy) is 2. The summed E-state index contributed by atoms with van der Waals surface area (Å²) in [6, 6.07) is 7.66. The predicted molar refractivity (Wildman–Crippen MR) is 72.1 cm³/mol. The lowest BCUT2D eigenvalue weighted by molar-refractivity contribution is -0.137. The SMILES string of the molecule is COc1cccc(COCC(=O)N2CCNCC2)c1. The maximum atomic E-state index is 11.9. The standard InChI is InChI=1S/C14H20N2O3/c1-18-13-4-2-3-12(9-13)10-19-11-14(17)16-7-5-15-6-8-16/h2-4,9,15H,5-8,10-11H2,1H3. The first-order valence-corrected chi connectivity index (χ1v) is 6.49. The zero-order valence-electron chi connectivity index (χ0n) is 11.2. The summed E-state index contributed by atoms with van der Waals surface area (Å²) in [5.41, 5.74) is 1.01. The number of piperazine rings is 1. The van der Waals surface area contributed by atoms with Crippen LogP contribution in [0, 0.1) is 0 Å². The zero-order valence-corrected chi connectivity index (χ0v) is 11.2. The molecule has 0 atom stereocenters. The molecule has 104 valence electrons. The second kappa shape index (κ2) is 7.11. The Morgan fingerprint density at radius 1 is 1.37 bits per heavy atom. The highest BCUT2D eigenvalue weighted by Gasteiger charge is 2.15. The molecule has 1 aliphatic rings. The number of benzene rings is 1. The van der Waals surface area contributed by atoms with Gasteiger partial charge in [-0.1, -0.05) is 12.1 Å². The Labute approximate surface area is 113 Å². The smallest absolute Gasteiger partial charge is 0.248 e. The van der Waals surface area contributed by atoms with Gasteiger partial charge in [-0.15, -0.1) is 0 Å². The molecule has 0 saturated carbocycles. The van der Waals surface area contributed by atoms with Crippen LogP contribution in [0.5, 0.6) is 5.75 Å². The van der Waals surface area contributed by atoms with Crippen molar-refractivity contribution in [1.29, 1.82) is 0 Å². The third-order valence-electron chi connectivity index (χ3n) is 3.10. The van der Waals surface area contributed by atoms with Gasteiger partial charge in [0.25, 0.3) is 0 Å². The lowest BCUT2D eigenvalue weighted by Gasteiger charge is -2.27. The Morgan fingerprint density at radius 2 is 2.16 bits per heavy atom. The van der Waals surface area contributed by atoms with Crippen LogP contribution in [0.2, 0.25) is 0 Å². The Balaban J connectivity index is 1.74. The molecule has 0 bridgehead atoms. The number of carbonyl (C=O) groups excluding carboxylic acids is 1. The molecule has 0 aromatic heterocycles. The first-order chi connectivity index (χ1) is 9.29. The molecule has 1 aliphatic heterocycles. The third-order valence-corrected chi connectivity index (χ3v) is 3.10. The fourth-order valence-electron chi connectivity index (χ4n) is 2.02. The van der Waals surface area contributed by atoms with Crippen molar-refractivity contribution in [2.24, 2.45) is 0 Å². The van der Waals surface area contributed by atoms with Gasteiger partial charge in [0, 0.05) is 26.2 Å². The van der Waals surface area contributed by atoms with Gasteiger partial charge in [0.2, 0.25) is 5.91 Å². The van der Waals surface area contributed by atoms with E-state index in [-0.39, 0.29) is 12.5 Å². The average molecular weight is 264 g/mol. The highest BCUT2D eigenvalue weighted by molar-refractivity contribution is 5.77. The maximum Gasteiger partial charge on any atom is 0.248 e. The van der Waals surface area contributed by atoms with Crippen molar-refractivity contribution in [3.63, 3.8) is 0 Å². The molecule has 1 fully saturated rings. The summed E-state index contributed by atoms with van der Waals surface area (Å²) >= 11 is 0. The van der Waals surface area contributed by atoms with Crippen molar-refractivity contribution in [3.8, 4) is 5.75 Å². The van der Waals surface area contributed by atoms with Gasteiger partial charge in [-0.05, 0) is 17.7 Å². The molecule has 1 saturated heterocycles. The Bertz CT molecular complexity index is 417. The molecule has 5 heteroatoms. The van der Waals surface area contributed by atoms with E-state index in [4.69, 9.17) is 9.47 Å². The van der Waals surface area contributed by atoms with E-state index in [0.29, 0.717) is 6.61 Å². The van der Waals surface area contributed by atoms with E-state index >= 15 is 0 Å². The topological polar surface area (TPSA) is 50.8 Å². The number of amides is 1. The van der Waals surface area contributed by atoms with E-state index in [2.05, 4.69) is 5.32 Å². The number of hydrogen-bond acceptors (Lipinski definition) is 4. The molecule has 0 radical (unpaired) electrons. The Morgan fingerprint density at radius 3 is 2.89 bits per heavy atom. The normalized spacial score (nSPS) is 15.3. The highest BCUT2D eigenvalue weighted by atomic mass is 16.5. The maximum absolute atomic E-state index is 11.9. The molecule has 19 heavy (non-hydrogen) atoms.